The van der Waals surface area contributed by atoms with Gasteiger partial charge in [-0.1, -0.05) is 66.8 Å². The van der Waals surface area contributed by atoms with Crippen molar-refractivity contribution in [1.82, 2.24) is 0 Å². The first kappa shape index (κ1) is 23.5. The highest BCUT2D eigenvalue weighted by Crippen LogP contribution is 2.40. The summed E-state index contributed by atoms with van der Waals surface area (Å²) >= 11 is 0. The van der Waals surface area contributed by atoms with Crippen molar-refractivity contribution in [2.45, 2.75) is 52.4 Å². The van der Waals surface area contributed by atoms with Gasteiger partial charge in [0.15, 0.2) is 0 Å². The Morgan fingerprint density at radius 2 is 1.54 bits per heavy atom. The van der Waals surface area contributed by atoms with E-state index in [1.165, 1.54) is 33.4 Å². The summed E-state index contributed by atoms with van der Waals surface area (Å²) in [5.74, 6) is 3.96. The highest BCUT2D eigenvalue weighted by molar-refractivity contribution is 5.75. The molecule has 184 valence electrons. The minimum absolute atomic E-state index is 0.942. The van der Waals surface area contributed by atoms with E-state index in [2.05, 4.69) is 92.7 Å². The van der Waals surface area contributed by atoms with Crippen LogP contribution in [0.3, 0.4) is 0 Å². The number of hydrogen-bond donors (Lipinski definition) is 0. The lowest BCUT2D eigenvalue weighted by atomic mass is 9.84. The molecule has 1 aliphatic heterocycles. The minimum atomic E-state index is 0.942. The van der Waals surface area contributed by atoms with Gasteiger partial charge in [-0.05, 0) is 91.5 Å². The summed E-state index contributed by atoms with van der Waals surface area (Å²) in [6.45, 7) is 4.22. The van der Waals surface area contributed by atoms with Crippen LogP contribution in [0.1, 0.15) is 61.5 Å². The maximum Gasteiger partial charge on any atom is 0.360 e. The van der Waals surface area contributed by atoms with Gasteiger partial charge in [0.1, 0.15) is 11.5 Å². The van der Waals surface area contributed by atoms with E-state index < -0.39 is 0 Å². The van der Waals surface area contributed by atoms with Crippen LogP contribution in [0, 0.1) is 6.92 Å². The fraction of sp³-hybridized carbons (Fsp3) is 0.229. The van der Waals surface area contributed by atoms with Crippen molar-refractivity contribution < 1.29 is 9.15 Å². The molecular formula is C35H33O2+. The first-order valence-electron chi connectivity index (χ1n) is 13.5. The predicted octanol–water partition coefficient (Wildman–Crippen LogP) is 9.64. The number of rotatable bonds is 4. The van der Waals surface area contributed by atoms with Gasteiger partial charge < -0.3 is 4.74 Å². The molecule has 2 heteroatoms. The number of aryl methyl sites for hydroxylation is 1. The molecule has 1 aromatic heterocycles. The number of allylic oxidation sites excluding steroid dienone is 9. The largest absolute Gasteiger partial charge is 0.461 e. The maximum absolute atomic E-state index is 6.25. The molecule has 2 aromatic carbocycles. The van der Waals surface area contributed by atoms with E-state index >= 15 is 0 Å². The molecule has 0 fully saturated rings. The van der Waals surface area contributed by atoms with Crippen molar-refractivity contribution in [3.63, 3.8) is 0 Å². The van der Waals surface area contributed by atoms with E-state index in [4.69, 9.17) is 9.15 Å². The van der Waals surface area contributed by atoms with Crippen LogP contribution < -0.4 is 0 Å². The molecule has 0 N–H and O–H groups in total. The van der Waals surface area contributed by atoms with E-state index in [-0.39, 0.29) is 0 Å². The summed E-state index contributed by atoms with van der Waals surface area (Å²) in [5.41, 5.74) is 10.4. The Labute approximate surface area is 220 Å². The number of benzene rings is 2. The Kier molecular flexibility index (Phi) is 6.49. The second kappa shape index (κ2) is 10.2. The van der Waals surface area contributed by atoms with Crippen molar-refractivity contribution in [3.8, 4) is 11.3 Å². The summed E-state index contributed by atoms with van der Waals surface area (Å²) in [6.07, 6.45) is 15.8. The van der Waals surface area contributed by atoms with Crippen LogP contribution in [0.25, 0.3) is 22.7 Å². The highest BCUT2D eigenvalue weighted by Gasteiger charge is 2.26. The predicted molar refractivity (Wildman–Crippen MR) is 152 cm³/mol. The molecule has 2 aliphatic carbocycles. The molecule has 0 amide bonds. The third-order valence-electron chi connectivity index (χ3n) is 7.73. The Morgan fingerprint density at radius 3 is 2.32 bits per heavy atom. The van der Waals surface area contributed by atoms with Gasteiger partial charge in [-0.3, -0.25) is 0 Å². The second-order valence-corrected chi connectivity index (χ2v) is 10.1. The highest BCUT2D eigenvalue weighted by atomic mass is 16.5. The van der Waals surface area contributed by atoms with Gasteiger partial charge in [0.25, 0.3) is 0 Å². The molecule has 2 nitrogen and oxygen atoms in total. The Balaban J connectivity index is 1.35. The number of hydrogen-bond acceptors (Lipinski definition) is 1. The molecule has 3 aliphatic rings. The quantitative estimate of drug-likeness (QED) is 0.343. The van der Waals surface area contributed by atoms with Gasteiger partial charge in [0.05, 0.1) is 24.1 Å². The molecule has 3 aromatic rings. The molecule has 0 saturated carbocycles. The lowest BCUT2D eigenvalue weighted by Gasteiger charge is -2.27. The van der Waals surface area contributed by atoms with Gasteiger partial charge in [0.2, 0.25) is 0 Å². The van der Waals surface area contributed by atoms with Gasteiger partial charge in [-0.15, -0.1) is 0 Å². The molecule has 6 rings (SSSR count). The first-order valence-corrected chi connectivity index (χ1v) is 13.5. The third-order valence-corrected chi connectivity index (χ3v) is 7.73. The molecule has 0 saturated heterocycles. The van der Waals surface area contributed by atoms with E-state index in [1.54, 1.807) is 0 Å². The number of ether oxygens (including phenoxy) is 1. The normalized spacial score (nSPS) is 18.5. The van der Waals surface area contributed by atoms with Crippen LogP contribution in [0.2, 0.25) is 0 Å². The van der Waals surface area contributed by atoms with Crippen molar-refractivity contribution in [1.29, 1.82) is 0 Å². The van der Waals surface area contributed by atoms with E-state index in [9.17, 15) is 0 Å². The minimum Gasteiger partial charge on any atom is -0.461 e. The average molecular weight is 486 g/mol. The molecule has 37 heavy (non-hydrogen) atoms. The fourth-order valence-corrected chi connectivity index (χ4v) is 5.82. The zero-order valence-electron chi connectivity index (χ0n) is 21.7. The molecule has 0 bridgehead atoms. The van der Waals surface area contributed by atoms with Gasteiger partial charge >= 0.3 is 11.5 Å². The SMILES string of the molecule is CC1=C2CCCC(C=CC=C3CCCc4c3cc(-c3ccccc3)[o+]c4C)=C2C=C(c2ccccc2)O1. The Bertz CT molecular complexity index is 1480. The van der Waals surface area contributed by atoms with E-state index in [0.717, 1.165) is 72.7 Å². The van der Waals surface area contributed by atoms with Gasteiger partial charge in [-0.2, -0.15) is 0 Å². The molecule has 0 unspecified atom stereocenters. The molecule has 0 atom stereocenters. The standard InChI is InChI=1S/C35H33O2/c1-24-30-20-10-18-26(32(30)22-34(36-24)28-12-5-3-6-13-28)16-9-17-27-19-11-21-31-25(2)37-35(23-33(27)31)29-14-7-4-8-15-29/h3-9,12-17,22-23H,10-11,18-21H2,1-2H3/q+1. The van der Waals surface area contributed by atoms with Crippen LogP contribution >= 0.6 is 0 Å². The van der Waals surface area contributed by atoms with E-state index in [0.29, 0.717) is 0 Å². The summed E-state index contributed by atoms with van der Waals surface area (Å²) < 4.78 is 12.5. The smallest absolute Gasteiger partial charge is 0.360 e. The fourth-order valence-electron chi connectivity index (χ4n) is 5.82. The lowest BCUT2D eigenvalue weighted by molar-refractivity contribution is 0.370. The molecule has 0 radical (unpaired) electrons. The van der Waals surface area contributed by atoms with Gasteiger partial charge in [0, 0.05) is 5.56 Å². The maximum atomic E-state index is 6.25. The van der Waals surface area contributed by atoms with Crippen molar-refractivity contribution >= 4 is 11.3 Å². The van der Waals surface area contributed by atoms with Gasteiger partial charge in [-0.25, -0.2) is 4.42 Å². The first-order chi connectivity index (χ1) is 18.2. The van der Waals surface area contributed by atoms with Crippen molar-refractivity contribution in [3.05, 3.63) is 136 Å². The van der Waals surface area contributed by atoms with Crippen molar-refractivity contribution in [2.24, 2.45) is 0 Å². The summed E-state index contributed by atoms with van der Waals surface area (Å²) in [5, 5.41) is 0. The molecule has 0 spiro atoms. The topological polar surface area (TPSA) is 20.5 Å². The van der Waals surface area contributed by atoms with Crippen LogP contribution in [0.15, 0.2) is 118 Å². The van der Waals surface area contributed by atoms with Crippen LogP contribution in [0.5, 0.6) is 0 Å². The summed E-state index contributed by atoms with van der Waals surface area (Å²) in [7, 11) is 0. The Morgan fingerprint density at radius 1 is 0.811 bits per heavy atom. The third kappa shape index (κ3) is 4.76. The van der Waals surface area contributed by atoms with Crippen molar-refractivity contribution in [2.75, 3.05) is 0 Å². The number of fused-ring (bicyclic) bond motifs is 2. The summed E-state index contributed by atoms with van der Waals surface area (Å²) in [4.78, 5) is 0. The van der Waals surface area contributed by atoms with E-state index in [1.807, 2.05) is 12.1 Å². The zero-order chi connectivity index (χ0) is 25.2. The molecular weight excluding hydrogens is 452 g/mol. The second-order valence-electron chi connectivity index (χ2n) is 10.1. The average Bonchev–Trinajstić information content (AvgIpc) is 2.94. The summed E-state index contributed by atoms with van der Waals surface area (Å²) in [6, 6.07) is 23.1. The lowest BCUT2D eigenvalue weighted by Crippen LogP contribution is -2.09. The van der Waals surface area contributed by atoms with Crippen LogP contribution in [0.4, 0.5) is 0 Å². The van der Waals surface area contributed by atoms with Crippen LogP contribution in [-0.4, -0.2) is 0 Å². The Hall–Kier alpha value is -3.91. The monoisotopic (exact) mass is 485 g/mol. The van der Waals surface area contributed by atoms with Crippen LogP contribution in [-0.2, 0) is 11.2 Å². The zero-order valence-corrected chi connectivity index (χ0v) is 21.7. The molecule has 2 heterocycles.